The molecule has 1 unspecified atom stereocenters. The van der Waals surface area contributed by atoms with Gasteiger partial charge in [-0.1, -0.05) is 12.8 Å². The molecule has 5 nitrogen and oxygen atoms in total. The van der Waals surface area contributed by atoms with Crippen LogP contribution in [0.15, 0.2) is 6.20 Å². The molecule has 3 N–H and O–H groups in total. The first-order valence-corrected chi connectivity index (χ1v) is 5.86. The lowest BCUT2D eigenvalue weighted by molar-refractivity contribution is 0.381. The molecular formula is C11H20N4O. The highest BCUT2D eigenvalue weighted by molar-refractivity contribution is 5.28. The van der Waals surface area contributed by atoms with Crippen molar-refractivity contribution in [2.45, 2.75) is 38.8 Å². The van der Waals surface area contributed by atoms with E-state index in [9.17, 15) is 0 Å². The van der Waals surface area contributed by atoms with Crippen LogP contribution in [0.5, 0.6) is 5.75 Å². The second-order valence-corrected chi connectivity index (χ2v) is 4.31. The number of aryl methyl sites for hydroxylation is 1. The fourth-order valence-corrected chi connectivity index (χ4v) is 2.08. The molecule has 0 bridgehead atoms. The molecule has 1 aliphatic rings. The van der Waals surface area contributed by atoms with Crippen LogP contribution >= 0.6 is 0 Å². The number of nitrogens with one attached hydrogen (secondary N) is 1. The molecule has 0 radical (unpaired) electrons. The molecule has 0 aliphatic heterocycles. The van der Waals surface area contributed by atoms with E-state index >= 15 is 0 Å². The second-order valence-electron chi connectivity index (χ2n) is 4.31. The van der Waals surface area contributed by atoms with Crippen LogP contribution in [-0.2, 0) is 6.54 Å². The molecule has 1 atom stereocenters. The molecule has 0 amide bonds. The fraction of sp³-hybridized carbons (Fsp3) is 0.727. The number of hydrogen-bond donors (Lipinski definition) is 2. The van der Waals surface area contributed by atoms with E-state index in [0.29, 0.717) is 0 Å². The number of nitrogens with two attached hydrogens (primary N) is 1. The van der Waals surface area contributed by atoms with E-state index in [-0.39, 0.29) is 6.04 Å². The third kappa shape index (κ3) is 2.20. The quantitative estimate of drug-likeness (QED) is 0.563. The van der Waals surface area contributed by atoms with Crippen molar-refractivity contribution in [1.29, 1.82) is 0 Å². The second kappa shape index (κ2) is 4.84. The monoisotopic (exact) mass is 224 g/mol. The topological polar surface area (TPSA) is 65.1 Å². The predicted molar refractivity (Wildman–Crippen MR) is 61.9 cm³/mol. The maximum absolute atomic E-state index is 5.64. The fourth-order valence-electron chi connectivity index (χ4n) is 2.08. The van der Waals surface area contributed by atoms with E-state index in [1.165, 1.54) is 12.8 Å². The first kappa shape index (κ1) is 11.4. The summed E-state index contributed by atoms with van der Waals surface area (Å²) in [5.74, 6) is 7.28. The molecule has 0 aromatic carbocycles. The van der Waals surface area contributed by atoms with Crippen molar-refractivity contribution in [2.24, 2.45) is 11.8 Å². The van der Waals surface area contributed by atoms with Gasteiger partial charge < -0.3 is 4.74 Å². The van der Waals surface area contributed by atoms with Gasteiger partial charge in [-0.05, 0) is 19.3 Å². The van der Waals surface area contributed by atoms with Gasteiger partial charge in [0.2, 0.25) is 0 Å². The zero-order valence-corrected chi connectivity index (χ0v) is 9.94. The number of hydrogen-bond acceptors (Lipinski definition) is 4. The highest BCUT2D eigenvalue weighted by Crippen LogP contribution is 2.39. The van der Waals surface area contributed by atoms with Crippen molar-refractivity contribution in [3.05, 3.63) is 11.9 Å². The zero-order valence-electron chi connectivity index (χ0n) is 9.94. The molecule has 0 spiro atoms. The molecule has 1 aromatic rings. The maximum Gasteiger partial charge on any atom is 0.161 e. The standard InChI is InChI=1S/C11H20N4O/c1-3-15-11(10(16-2)7-13-15)9(14-12)6-8-4-5-8/h7-9,14H,3-6,12H2,1-2H3. The number of nitrogens with zero attached hydrogens (tertiary/aromatic N) is 2. The van der Waals surface area contributed by atoms with E-state index in [0.717, 1.165) is 30.3 Å². The first-order chi connectivity index (χ1) is 7.80. The number of ether oxygens (including phenoxy) is 1. The molecule has 1 aliphatic carbocycles. The molecule has 0 saturated heterocycles. The lowest BCUT2D eigenvalue weighted by atomic mass is 10.1. The number of hydrazine groups is 1. The molecule has 1 heterocycles. The number of methoxy groups -OCH3 is 1. The Labute approximate surface area is 95.9 Å². The van der Waals surface area contributed by atoms with Gasteiger partial charge in [-0.25, -0.2) is 0 Å². The van der Waals surface area contributed by atoms with Gasteiger partial charge in [-0.2, -0.15) is 5.10 Å². The van der Waals surface area contributed by atoms with Gasteiger partial charge in [0.15, 0.2) is 5.75 Å². The summed E-state index contributed by atoms with van der Waals surface area (Å²) in [7, 11) is 1.67. The normalized spacial score (nSPS) is 17.4. The van der Waals surface area contributed by atoms with Crippen molar-refractivity contribution < 1.29 is 4.74 Å². The van der Waals surface area contributed by atoms with Crippen molar-refractivity contribution in [3.8, 4) is 5.75 Å². The van der Waals surface area contributed by atoms with Crippen molar-refractivity contribution in [1.82, 2.24) is 15.2 Å². The molecule has 1 saturated carbocycles. The van der Waals surface area contributed by atoms with Crippen LogP contribution in [0, 0.1) is 5.92 Å². The third-order valence-electron chi connectivity index (χ3n) is 3.16. The van der Waals surface area contributed by atoms with Gasteiger partial charge in [0, 0.05) is 6.54 Å². The molecule has 1 fully saturated rings. The van der Waals surface area contributed by atoms with Gasteiger partial charge in [0.25, 0.3) is 0 Å². The average molecular weight is 224 g/mol. The maximum atomic E-state index is 5.64. The Bertz CT molecular complexity index is 324. The molecule has 2 rings (SSSR count). The van der Waals surface area contributed by atoms with Crippen molar-refractivity contribution in [2.75, 3.05) is 7.11 Å². The molecule has 90 valence electrons. The van der Waals surface area contributed by atoms with Gasteiger partial charge in [0.1, 0.15) is 0 Å². The van der Waals surface area contributed by atoms with Crippen LogP contribution in [0.1, 0.15) is 37.9 Å². The SMILES string of the molecule is CCn1ncc(OC)c1C(CC1CC1)NN. The van der Waals surface area contributed by atoms with Crippen LogP contribution in [0.2, 0.25) is 0 Å². The number of rotatable bonds is 6. The minimum Gasteiger partial charge on any atom is -0.493 e. The smallest absolute Gasteiger partial charge is 0.161 e. The summed E-state index contributed by atoms with van der Waals surface area (Å²) in [6.45, 7) is 2.90. The highest BCUT2D eigenvalue weighted by Gasteiger charge is 2.29. The summed E-state index contributed by atoms with van der Waals surface area (Å²) in [6.07, 6.45) is 5.47. The summed E-state index contributed by atoms with van der Waals surface area (Å²) >= 11 is 0. The van der Waals surface area contributed by atoms with E-state index < -0.39 is 0 Å². The lowest BCUT2D eigenvalue weighted by Crippen LogP contribution is -2.30. The molecule has 5 heteroatoms. The van der Waals surface area contributed by atoms with E-state index in [1.54, 1.807) is 13.3 Å². The first-order valence-electron chi connectivity index (χ1n) is 5.86. The Hall–Kier alpha value is -1.07. The van der Waals surface area contributed by atoms with Crippen LogP contribution in [0.3, 0.4) is 0 Å². The molecule has 16 heavy (non-hydrogen) atoms. The Morgan fingerprint density at radius 1 is 1.69 bits per heavy atom. The number of aromatic nitrogens is 2. The van der Waals surface area contributed by atoms with Gasteiger partial charge in [-0.15, -0.1) is 0 Å². The minimum atomic E-state index is 0.143. The van der Waals surface area contributed by atoms with Gasteiger partial charge in [-0.3, -0.25) is 16.0 Å². The Kier molecular flexibility index (Phi) is 3.46. The van der Waals surface area contributed by atoms with Crippen molar-refractivity contribution >= 4 is 0 Å². The van der Waals surface area contributed by atoms with Crippen LogP contribution in [0.25, 0.3) is 0 Å². The Morgan fingerprint density at radius 2 is 2.44 bits per heavy atom. The third-order valence-corrected chi connectivity index (χ3v) is 3.16. The van der Waals surface area contributed by atoms with Crippen LogP contribution in [0.4, 0.5) is 0 Å². The van der Waals surface area contributed by atoms with Crippen LogP contribution < -0.4 is 16.0 Å². The highest BCUT2D eigenvalue weighted by atomic mass is 16.5. The molecule has 1 aromatic heterocycles. The lowest BCUT2D eigenvalue weighted by Gasteiger charge is -2.18. The Balaban J connectivity index is 2.22. The summed E-state index contributed by atoms with van der Waals surface area (Å²) in [5.41, 5.74) is 3.95. The Morgan fingerprint density at radius 3 is 2.94 bits per heavy atom. The largest absolute Gasteiger partial charge is 0.493 e. The van der Waals surface area contributed by atoms with Gasteiger partial charge >= 0.3 is 0 Å². The van der Waals surface area contributed by atoms with Gasteiger partial charge in [0.05, 0.1) is 25.0 Å². The van der Waals surface area contributed by atoms with E-state index in [1.807, 2.05) is 4.68 Å². The summed E-state index contributed by atoms with van der Waals surface area (Å²) in [5, 5.41) is 4.30. The zero-order chi connectivity index (χ0) is 11.5. The summed E-state index contributed by atoms with van der Waals surface area (Å²) < 4.78 is 7.28. The van der Waals surface area contributed by atoms with Crippen molar-refractivity contribution in [3.63, 3.8) is 0 Å². The average Bonchev–Trinajstić information content (AvgIpc) is 3.03. The van der Waals surface area contributed by atoms with Crippen LogP contribution in [-0.4, -0.2) is 16.9 Å². The minimum absolute atomic E-state index is 0.143. The summed E-state index contributed by atoms with van der Waals surface area (Å²) in [6, 6.07) is 0.143. The van der Waals surface area contributed by atoms with E-state index in [2.05, 4.69) is 17.4 Å². The molecular weight excluding hydrogens is 204 g/mol. The predicted octanol–water partition coefficient (Wildman–Crippen LogP) is 1.22. The summed E-state index contributed by atoms with van der Waals surface area (Å²) in [4.78, 5) is 0. The van der Waals surface area contributed by atoms with E-state index in [4.69, 9.17) is 10.6 Å².